The van der Waals surface area contributed by atoms with Crippen LogP contribution < -0.4 is 4.74 Å². The molecule has 0 unspecified atom stereocenters. The number of aromatic hydroxyl groups is 2. The fraction of sp³-hybridized carbons (Fsp3) is 0.100. The van der Waals surface area contributed by atoms with E-state index in [0.29, 0.717) is 16.5 Å². The average molecular weight is 387 g/mol. The van der Waals surface area contributed by atoms with Crippen molar-refractivity contribution in [2.75, 3.05) is 13.7 Å². The zero-order valence-corrected chi connectivity index (χ0v) is 15.0. The maximum absolute atomic E-state index is 12.3. The summed E-state index contributed by atoms with van der Waals surface area (Å²) in [7, 11) is 1.45. The Morgan fingerprint density at radius 2 is 1.74 bits per heavy atom. The molecule has 0 amide bonds. The van der Waals surface area contributed by atoms with Gasteiger partial charge >= 0.3 is 5.97 Å². The zero-order valence-electron chi connectivity index (χ0n) is 14.2. The van der Waals surface area contributed by atoms with Crippen LogP contribution in [0.1, 0.15) is 20.7 Å². The van der Waals surface area contributed by atoms with E-state index in [0.717, 1.165) is 6.07 Å². The molecule has 7 heteroatoms. The molecule has 3 aromatic carbocycles. The van der Waals surface area contributed by atoms with Crippen molar-refractivity contribution in [3.63, 3.8) is 0 Å². The number of phenols is 2. The first-order valence-corrected chi connectivity index (χ1v) is 8.27. The molecule has 0 spiro atoms. The van der Waals surface area contributed by atoms with Gasteiger partial charge < -0.3 is 19.7 Å². The minimum Gasteiger partial charge on any atom is -0.507 e. The van der Waals surface area contributed by atoms with Crippen molar-refractivity contribution in [2.24, 2.45) is 0 Å². The van der Waals surface area contributed by atoms with Crippen LogP contribution in [-0.2, 0) is 4.74 Å². The van der Waals surface area contributed by atoms with Crippen molar-refractivity contribution >= 4 is 34.1 Å². The second kappa shape index (κ2) is 7.55. The van der Waals surface area contributed by atoms with E-state index in [1.54, 1.807) is 24.3 Å². The molecule has 0 saturated carbocycles. The Morgan fingerprint density at radius 1 is 1.04 bits per heavy atom. The van der Waals surface area contributed by atoms with Crippen molar-refractivity contribution in [1.29, 1.82) is 0 Å². The minimum atomic E-state index is -0.929. The molecule has 0 fully saturated rings. The Balaban J connectivity index is 1.78. The van der Waals surface area contributed by atoms with Gasteiger partial charge in [0.1, 0.15) is 22.8 Å². The fourth-order valence-corrected chi connectivity index (χ4v) is 2.89. The van der Waals surface area contributed by atoms with Crippen LogP contribution in [0.15, 0.2) is 48.5 Å². The molecule has 0 bridgehead atoms. The van der Waals surface area contributed by atoms with Gasteiger partial charge in [-0.05, 0) is 24.3 Å². The number of hydrogen-bond donors (Lipinski definition) is 2. The van der Waals surface area contributed by atoms with Crippen molar-refractivity contribution in [2.45, 2.75) is 0 Å². The maximum atomic E-state index is 12.3. The molecule has 0 aliphatic heterocycles. The lowest BCUT2D eigenvalue weighted by Crippen LogP contribution is -2.14. The summed E-state index contributed by atoms with van der Waals surface area (Å²) in [6.07, 6.45) is 0. The summed E-state index contributed by atoms with van der Waals surface area (Å²) in [4.78, 5) is 24.5. The molecule has 0 aromatic heterocycles. The van der Waals surface area contributed by atoms with E-state index in [4.69, 9.17) is 21.1 Å². The molecule has 138 valence electrons. The van der Waals surface area contributed by atoms with Gasteiger partial charge in [-0.3, -0.25) is 4.79 Å². The van der Waals surface area contributed by atoms with Crippen molar-refractivity contribution in [3.8, 4) is 17.2 Å². The quantitative estimate of drug-likeness (QED) is 0.392. The summed E-state index contributed by atoms with van der Waals surface area (Å²) >= 11 is 5.98. The minimum absolute atomic E-state index is 0.177. The van der Waals surface area contributed by atoms with Crippen molar-refractivity contribution < 1.29 is 29.3 Å². The monoisotopic (exact) mass is 386 g/mol. The highest BCUT2D eigenvalue weighted by atomic mass is 35.5. The average Bonchev–Trinajstić information content (AvgIpc) is 2.68. The lowest BCUT2D eigenvalue weighted by Gasteiger charge is -2.10. The fourth-order valence-electron chi connectivity index (χ4n) is 2.63. The first-order valence-electron chi connectivity index (χ1n) is 7.90. The molecule has 0 saturated heterocycles. The number of esters is 1. The number of Topliss-reactive ketones (excluding diaryl/α,β-unsaturated/α-hetero) is 1. The molecule has 3 aromatic rings. The lowest BCUT2D eigenvalue weighted by atomic mass is 10.0. The van der Waals surface area contributed by atoms with Gasteiger partial charge in [-0.1, -0.05) is 35.9 Å². The number of phenolic OH excluding ortho intramolecular Hbond substituents is 2. The number of hydrogen-bond acceptors (Lipinski definition) is 6. The molecule has 2 N–H and O–H groups in total. The van der Waals surface area contributed by atoms with Gasteiger partial charge in [-0.15, -0.1) is 0 Å². The van der Waals surface area contributed by atoms with E-state index in [9.17, 15) is 19.8 Å². The Morgan fingerprint density at radius 3 is 2.41 bits per heavy atom. The Hall–Kier alpha value is -3.25. The number of carbonyl (C=O) groups excluding carboxylic acids is 2. The van der Waals surface area contributed by atoms with Crippen LogP contribution in [-0.4, -0.2) is 35.7 Å². The topological polar surface area (TPSA) is 93.1 Å². The molecule has 0 aliphatic rings. The maximum Gasteiger partial charge on any atom is 0.342 e. The summed E-state index contributed by atoms with van der Waals surface area (Å²) in [6.45, 7) is -0.547. The third-order valence-electron chi connectivity index (χ3n) is 4.02. The summed E-state index contributed by atoms with van der Waals surface area (Å²) in [5, 5.41) is 21.3. The number of halogens is 1. The van der Waals surface area contributed by atoms with Crippen LogP contribution in [0.4, 0.5) is 0 Å². The molecule has 0 aliphatic carbocycles. The van der Waals surface area contributed by atoms with Gasteiger partial charge in [0.25, 0.3) is 0 Å². The molecule has 0 radical (unpaired) electrons. The number of rotatable bonds is 5. The summed E-state index contributed by atoms with van der Waals surface area (Å²) in [5.74, 6) is -1.49. The van der Waals surface area contributed by atoms with Crippen LogP contribution >= 0.6 is 11.6 Å². The Bertz CT molecular complexity index is 1040. The highest BCUT2D eigenvalue weighted by Crippen LogP contribution is 2.35. The van der Waals surface area contributed by atoms with Gasteiger partial charge in [-0.25, -0.2) is 4.79 Å². The lowest BCUT2D eigenvalue weighted by molar-refractivity contribution is 0.0471. The number of benzene rings is 3. The number of ketones is 1. The zero-order chi connectivity index (χ0) is 19.6. The Labute approximate surface area is 159 Å². The molecule has 0 heterocycles. The first-order chi connectivity index (χ1) is 12.9. The number of fused-ring (bicyclic) bond motifs is 1. The van der Waals surface area contributed by atoms with Crippen LogP contribution in [0.5, 0.6) is 17.2 Å². The van der Waals surface area contributed by atoms with E-state index in [1.807, 2.05) is 0 Å². The molecule has 3 rings (SSSR count). The molecule has 27 heavy (non-hydrogen) atoms. The third-order valence-corrected chi connectivity index (χ3v) is 4.32. The van der Waals surface area contributed by atoms with Crippen LogP contribution in [0.2, 0.25) is 5.02 Å². The predicted octanol–water partition coefficient (Wildman–Crippen LogP) is 3.95. The summed E-state index contributed by atoms with van der Waals surface area (Å²) in [5.41, 5.74) is 0.0194. The van der Waals surface area contributed by atoms with E-state index in [-0.39, 0.29) is 27.6 Å². The molecule has 6 nitrogen and oxygen atoms in total. The highest BCUT2D eigenvalue weighted by molar-refractivity contribution is 6.32. The van der Waals surface area contributed by atoms with Gasteiger partial charge in [0.2, 0.25) is 0 Å². The highest BCUT2D eigenvalue weighted by Gasteiger charge is 2.19. The second-order valence-electron chi connectivity index (χ2n) is 5.69. The summed E-state index contributed by atoms with van der Waals surface area (Å²) in [6, 6.07) is 12.1. The largest absolute Gasteiger partial charge is 0.507 e. The third kappa shape index (κ3) is 3.66. The van der Waals surface area contributed by atoms with E-state index in [2.05, 4.69) is 0 Å². The van der Waals surface area contributed by atoms with Crippen molar-refractivity contribution in [3.05, 3.63) is 64.7 Å². The second-order valence-corrected chi connectivity index (χ2v) is 6.09. The number of carbonyl (C=O) groups is 2. The van der Waals surface area contributed by atoms with Crippen LogP contribution in [0.25, 0.3) is 10.8 Å². The standard InChI is InChI=1S/C20H15ClO6/c1-26-18-7-6-11(8-15(18)21)17(23)10-27-20(25)14-9-16(22)12-4-2-3-5-13(12)19(14)24/h2-9,22,24H,10H2,1H3. The SMILES string of the molecule is COc1ccc(C(=O)COC(=O)c2cc(O)c3ccccc3c2O)cc1Cl. The number of methoxy groups -OCH3 is 1. The van der Waals surface area contributed by atoms with Crippen LogP contribution in [0, 0.1) is 0 Å². The van der Waals surface area contributed by atoms with Gasteiger partial charge in [0.05, 0.1) is 12.1 Å². The first kappa shape index (κ1) is 18.5. The van der Waals surface area contributed by atoms with Gasteiger partial charge in [-0.2, -0.15) is 0 Å². The van der Waals surface area contributed by atoms with Crippen LogP contribution in [0.3, 0.4) is 0 Å². The normalized spacial score (nSPS) is 10.6. The van der Waals surface area contributed by atoms with E-state index < -0.39 is 18.4 Å². The summed E-state index contributed by atoms with van der Waals surface area (Å²) < 4.78 is 10.0. The smallest absolute Gasteiger partial charge is 0.342 e. The molecular weight excluding hydrogens is 372 g/mol. The predicted molar refractivity (Wildman–Crippen MR) is 99.9 cm³/mol. The van der Waals surface area contributed by atoms with Crippen molar-refractivity contribution in [1.82, 2.24) is 0 Å². The van der Waals surface area contributed by atoms with Gasteiger partial charge in [0.15, 0.2) is 12.4 Å². The van der Waals surface area contributed by atoms with Gasteiger partial charge in [0, 0.05) is 16.3 Å². The Kier molecular flexibility index (Phi) is 5.19. The molecule has 0 atom stereocenters. The molecular formula is C20H15ClO6. The number of ether oxygens (including phenoxy) is 2. The van der Waals surface area contributed by atoms with E-state index in [1.165, 1.54) is 25.3 Å². The van der Waals surface area contributed by atoms with E-state index >= 15 is 0 Å².